The molecule has 1 fully saturated rings. The van der Waals surface area contributed by atoms with Gasteiger partial charge in [-0.05, 0) is 49.4 Å². The molecule has 2 aliphatic carbocycles. The lowest BCUT2D eigenvalue weighted by Crippen LogP contribution is -2.16. The van der Waals surface area contributed by atoms with Crippen LogP contribution in [0.4, 0.5) is 15.8 Å². The van der Waals surface area contributed by atoms with Crippen LogP contribution >= 0.6 is 11.3 Å². The Balaban J connectivity index is 1.71. The number of allylic oxidation sites excluding steroid dienone is 1. The quantitative estimate of drug-likeness (QED) is 0.625. The van der Waals surface area contributed by atoms with Gasteiger partial charge in [-0.3, -0.25) is 9.79 Å². The third-order valence-electron chi connectivity index (χ3n) is 4.73. The average Bonchev–Trinajstić information content (AvgIpc) is 3.39. The minimum atomic E-state index is -0.524. The highest BCUT2D eigenvalue weighted by atomic mass is 32.1. The summed E-state index contributed by atoms with van der Waals surface area (Å²) in [6, 6.07) is 4.96. The molecule has 1 aromatic carbocycles. The summed E-state index contributed by atoms with van der Waals surface area (Å²) in [5.41, 5.74) is 9.13. The third kappa shape index (κ3) is 3.17. The molecule has 0 spiro atoms. The Morgan fingerprint density at radius 3 is 2.85 bits per heavy atom. The normalized spacial score (nSPS) is 16.5. The molecule has 26 heavy (non-hydrogen) atoms. The molecule has 1 saturated carbocycles. The van der Waals surface area contributed by atoms with Gasteiger partial charge in [-0.25, -0.2) is 4.39 Å². The number of fused-ring (bicyclic) bond motifs is 1. The number of carbonyl (C=O) groups excluding carboxylic acids is 1. The molecule has 3 N–H and O–H groups in total. The maximum Gasteiger partial charge on any atom is 0.227 e. The Bertz CT molecular complexity index is 941. The van der Waals surface area contributed by atoms with Crippen molar-refractivity contribution in [1.29, 1.82) is 0 Å². The average molecular weight is 369 g/mol. The van der Waals surface area contributed by atoms with Crippen LogP contribution in [0.25, 0.3) is 6.08 Å². The van der Waals surface area contributed by atoms with E-state index >= 15 is 0 Å². The largest absolute Gasteiger partial charge is 0.398 e. The monoisotopic (exact) mass is 369 g/mol. The van der Waals surface area contributed by atoms with E-state index in [1.165, 1.54) is 16.5 Å². The second-order valence-corrected chi connectivity index (χ2v) is 7.82. The van der Waals surface area contributed by atoms with E-state index in [-0.39, 0.29) is 17.5 Å². The molecule has 4 rings (SSSR count). The van der Waals surface area contributed by atoms with Crippen molar-refractivity contribution in [3.8, 4) is 0 Å². The van der Waals surface area contributed by atoms with Gasteiger partial charge in [0, 0.05) is 29.1 Å². The Morgan fingerprint density at radius 2 is 2.15 bits per heavy atom. The van der Waals surface area contributed by atoms with E-state index in [2.05, 4.69) is 28.5 Å². The van der Waals surface area contributed by atoms with Crippen molar-refractivity contribution < 1.29 is 9.18 Å². The zero-order chi connectivity index (χ0) is 18.3. The van der Waals surface area contributed by atoms with E-state index in [9.17, 15) is 9.18 Å². The number of halogens is 1. The Kier molecular flexibility index (Phi) is 4.36. The first-order valence-corrected chi connectivity index (χ1v) is 9.55. The topological polar surface area (TPSA) is 67.5 Å². The number of aryl methyl sites for hydroxylation is 1. The molecule has 6 heteroatoms. The summed E-state index contributed by atoms with van der Waals surface area (Å²) in [4.78, 5) is 18.8. The number of anilines is 2. The van der Waals surface area contributed by atoms with Crippen molar-refractivity contribution in [1.82, 2.24) is 0 Å². The van der Waals surface area contributed by atoms with E-state index in [1.54, 1.807) is 24.5 Å². The number of nitrogen functional groups attached to an aromatic ring is 1. The number of nitrogens with zero attached hydrogens (tertiary/aromatic N) is 1. The smallest absolute Gasteiger partial charge is 0.227 e. The number of nitrogens with two attached hydrogens (primary N) is 1. The summed E-state index contributed by atoms with van der Waals surface area (Å²) in [6.07, 6.45) is 8.09. The van der Waals surface area contributed by atoms with Gasteiger partial charge in [-0.15, -0.1) is 11.3 Å². The van der Waals surface area contributed by atoms with E-state index in [4.69, 9.17) is 5.73 Å². The Hall–Kier alpha value is -2.47. The van der Waals surface area contributed by atoms with E-state index in [1.807, 2.05) is 0 Å². The third-order valence-corrected chi connectivity index (χ3v) is 5.95. The first-order valence-electron chi connectivity index (χ1n) is 8.73. The van der Waals surface area contributed by atoms with Gasteiger partial charge < -0.3 is 11.1 Å². The highest BCUT2D eigenvalue weighted by Crippen LogP contribution is 2.34. The second-order valence-electron chi connectivity index (χ2n) is 6.69. The predicted molar refractivity (Wildman–Crippen MR) is 105 cm³/mol. The molecule has 0 unspecified atom stereocenters. The first kappa shape index (κ1) is 17.0. The molecular formula is C20H20FN3OS. The van der Waals surface area contributed by atoms with Gasteiger partial charge >= 0.3 is 0 Å². The van der Waals surface area contributed by atoms with Gasteiger partial charge in [0.15, 0.2) is 0 Å². The molecule has 0 atom stereocenters. The molecular weight excluding hydrogens is 349 g/mol. The number of rotatable bonds is 4. The van der Waals surface area contributed by atoms with Gasteiger partial charge in [0.2, 0.25) is 5.91 Å². The maximum atomic E-state index is 14.3. The molecule has 1 aromatic heterocycles. The standard InChI is InChI=1S/C20H20FN3OS/c1-23-19(18-8-12-4-2-3-5-17(12)26-18)13-9-16(14(21)10-15(13)22)24-20(25)11-6-7-11/h2,4,8-11H,3,5-7,22H2,1H3,(H,24,25)/b23-19+. The van der Waals surface area contributed by atoms with Crippen LogP contribution < -0.4 is 11.1 Å². The number of hydrogen-bond donors (Lipinski definition) is 2. The summed E-state index contributed by atoms with van der Waals surface area (Å²) in [7, 11) is 1.70. The number of thiophene rings is 1. The molecule has 0 aliphatic heterocycles. The minimum absolute atomic E-state index is 0.00511. The number of aliphatic imine (C=N–C) groups is 1. The van der Waals surface area contributed by atoms with Crippen LogP contribution in [-0.4, -0.2) is 18.7 Å². The molecule has 4 nitrogen and oxygen atoms in total. The summed E-state index contributed by atoms with van der Waals surface area (Å²) >= 11 is 1.69. The summed E-state index contributed by atoms with van der Waals surface area (Å²) < 4.78 is 14.3. The van der Waals surface area contributed by atoms with Crippen LogP contribution in [-0.2, 0) is 11.2 Å². The van der Waals surface area contributed by atoms with Crippen LogP contribution in [0, 0.1) is 11.7 Å². The van der Waals surface area contributed by atoms with Gasteiger partial charge in [-0.1, -0.05) is 12.2 Å². The zero-order valence-corrected chi connectivity index (χ0v) is 15.3. The van der Waals surface area contributed by atoms with Gasteiger partial charge in [0.05, 0.1) is 16.3 Å². The number of nitrogens with one attached hydrogen (secondary N) is 1. The fraction of sp³-hybridized carbons (Fsp3) is 0.300. The molecule has 0 saturated heterocycles. The molecule has 1 heterocycles. The fourth-order valence-corrected chi connectivity index (χ4v) is 4.37. The summed E-state index contributed by atoms with van der Waals surface area (Å²) in [6.45, 7) is 0. The van der Waals surface area contributed by atoms with E-state index in [0.717, 1.165) is 36.3 Å². The van der Waals surface area contributed by atoms with Crippen LogP contribution in [0.15, 0.2) is 29.3 Å². The van der Waals surface area contributed by atoms with E-state index < -0.39 is 5.82 Å². The van der Waals surface area contributed by atoms with Crippen LogP contribution in [0.1, 0.15) is 40.1 Å². The van der Waals surface area contributed by atoms with Crippen molar-refractivity contribution in [3.63, 3.8) is 0 Å². The molecule has 0 bridgehead atoms. The molecule has 134 valence electrons. The van der Waals surface area contributed by atoms with Crippen LogP contribution in [0.2, 0.25) is 0 Å². The number of hydrogen-bond acceptors (Lipinski definition) is 4. The maximum absolute atomic E-state index is 14.3. The van der Waals surface area contributed by atoms with Crippen molar-refractivity contribution in [2.75, 3.05) is 18.1 Å². The zero-order valence-electron chi connectivity index (χ0n) is 14.5. The SMILES string of the molecule is C/N=C(/c1cc2c(s1)CCC=C2)c1cc(NC(=O)C2CC2)c(F)cc1N. The summed E-state index contributed by atoms with van der Waals surface area (Å²) in [5.74, 6) is -0.652. The lowest BCUT2D eigenvalue weighted by Gasteiger charge is -2.12. The van der Waals surface area contributed by atoms with Gasteiger partial charge in [-0.2, -0.15) is 0 Å². The highest BCUT2D eigenvalue weighted by molar-refractivity contribution is 7.14. The number of carbonyl (C=O) groups is 1. The van der Waals surface area contributed by atoms with Crippen molar-refractivity contribution >= 4 is 40.4 Å². The second kappa shape index (κ2) is 6.68. The van der Waals surface area contributed by atoms with Gasteiger partial charge in [0.1, 0.15) is 5.82 Å². The molecule has 1 amide bonds. The Labute approximate surface area is 155 Å². The minimum Gasteiger partial charge on any atom is -0.398 e. The predicted octanol–water partition coefficient (Wildman–Crippen LogP) is 4.24. The lowest BCUT2D eigenvalue weighted by atomic mass is 10.0. The van der Waals surface area contributed by atoms with Crippen molar-refractivity contribution in [2.45, 2.75) is 25.7 Å². The highest BCUT2D eigenvalue weighted by Gasteiger charge is 2.30. The van der Waals surface area contributed by atoms with E-state index in [0.29, 0.717) is 11.3 Å². The molecule has 0 radical (unpaired) electrons. The van der Waals surface area contributed by atoms with Crippen molar-refractivity contribution in [3.05, 3.63) is 51.0 Å². The van der Waals surface area contributed by atoms with Crippen molar-refractivity contribution in [2.24, 2.45) is 10.9 Å². The number of benzene rings is 1. The lowest BCUT2D eigenvalue weighted by molar-refractivity contribution is -0.117. The molecule has 2 aliphatic rings. The first-order chi connectivity index (χ1) is 12.6. The number of amides is 1. The van der Waals surface area contributed by atoms with Gasteiger partial charge in [0.25, 0.3) is 0 Å². The van der Waals surface area contributed by atoms with Crippen LogP contribution in [0.5, 0.6) is 0 Å². The van der Waals surface area contributed by atoms with Crippen LogP contribution in [0.3, 0.4) is 0 Å². The Morgan fingerprint density at radius 1 is 1.35 bits per heavy atom. The summed E-state index contributed by atoms with van der Waals surface area (Å²) in [5, 5.41) is 2.69. The fourth-order valence-electron chi connectivity index (χ4n) is 3.15. The molecule has 2 aromatic rings.